The maximum atomic E-state index is 12.7. The van der Waals surface area contributed by atoms with Gasteiger partial charge >= 0.3 is 0 Å². The first-order valence-corrected chi connectivity index (χ1v) is 11.1. The first kappa shape index (κ1) is 23.9. The number of non-ortho nitro benzene ring substituents is 1. The number of aromatic nitrogens is 3. The number of carbonyl (C=O) groups is 2. The van der Waals surface area contributed by atoms with Gasteiger partial charge in [-0.1, -0.05) is 36.4 Å². The second-order valence-corrected chi connectivity index (χ2v) is 8.49. The predicted octanol–water partition coefficient (Wildman–Crippen LogP) is 3.47. The molecule has 2 N–H and O–H groups in total. The molecule has 0 bridgehead atoms. The Kier molecular flexibility index (Phi) is 7.78. The summed E-state index contributed by atoms with van der Waals surface area (Å²) in [5.41, 5.74) is 2.00. The van der Waals surface area contributed by atoms with Crippen LogP contribution in [0.3, 0.4) is 0 Å². The third kappa shape index (κ3) is 6.16. The zero-order valence-electron chi connectivity index (χ0n) is 18.4. The zero-order chi connectivity index (χ0) is 24.0. The Morgan fingerprint density at radius 2 is 1.91 bits per heavy atom. The molecular formula is C22H24N6O4S. The summed E-state index contributed by atoms with van der Waals surface area (Å²) in [6.45, 7) is 4.00. The maximum Gasteiger partial charge on any atom is 0.269 e. The fourth-order valence-electron chi connectivity index (χ4n) is 2.99. The van der Waals surface area contributed by atoms with Gasteiger partial charge in [0.2, 0.25) is 5.91 Å². The summed E-state index contributed by atoms with van der Waals surface area (Å²) >= 11 is 1.26. The molecule has 0 saturated heterocycles. The summed E-state index contributed by atoms with van der Waals surface area (Å²) in [6.07, 6.45) is 0.537. The molecule has 0 spiro atoms. The van der Waals surface area contributed by atoms with Crippen molar-refractivity contribution in [3.8, 4) is 0 Å². The quantitative estimate of drug-likeness (QED) is 0.279. The Morgan fingerprint density at radius 1 is 1.18 bits per heavy atom. The van der Waals surface area contributed by atoms with Crippen molar-refractivity contribution in [2.75, 3.05) is 5.32 Å². The van der Waals surface area contributed by atoms with Gasteiger partial charge in [-0.15, -0.1) is 10.2 Å². The molecule has 0 aliphatic carbocycles. The first-order valence-electron chi connectivity index (χ1n) is 10.2. The third-order valence-corrected chi connectivity index (χ3v) is 6.27. The predicted molar refractivity (Wildman–Crippen MR) is 125 cm³/mol. The van der Waals surface area contributed by atoms with E-state index >= 15 is 0 Å². The molecule has 3 aromatic rings. The molecule has 0 fully saturated rings. The summed E-state index contributed by atoms with van der Waals surface area (Å²) < 4.78 is 1.74. The molecule has 0 aliphatic heterocycles. The van der Waals surface area contributed by atoms with Crippen LogP contribution in [-0.2, 0) is 18.4 Å². The van der Waals surface area contributed by atoms with Gasteiger partial charge < -0.3 is 15.2 Å². The fraction of sp³-hybridized carbons (Fsp3) is 0.273. The normalized spacial score (nSPS) is 11.6. The van der Waals surface area contributed by atoms with Crippen LogP contribution in [0.5, 0.6) is 0 Å². The summed E-state index contributed by atoms with van der Waals surface area (Å²) in [5, 5.41) is 24.8. The van der Waals surface area contributed by atoms with Gasteiger partial charge in [0.05, 0.1) is 16.7 Å². The highest BCUT2D eigenvalue weighted by atomic mass is 32.2. The molecular weight excluding hydrogens is 444 g/mol. The van der Waals surface area contributed by atoms with Crippen LogP contribution < -0.4 is 10.6 Å². The summed E-state index contributed by atoms with van der Waals surface area (Å²) in [4.78, 5) is 35.4. The minimum Gasteiger partial charge on any atom is -0.345 e. The van der Waals surface area contributed by atoms with Crippen LogP contribution in [0, 0.1) is 17.0 Å². The Balaban J connectivity index is 1.60. The van der Waals surface area contributed by atoms with Gasteiger partial charge in [0.1, 0.15) is 0 Å². The lowest BCUT2D eigenvalue weighted by Gasteiger charge is -2.14. The van der Waals surface area contributed by atoms with Crippen molar-refractivity contribution < 1.29 is 14.5 Å². The minimum atomic E-state index is -0.495. The topological polar surface area (TPSA) is 132 Å². The molecule has 0 unspecified atom stereocenters. The van der Waals surface area contributed by atoms with E-state index in [2.05, 4.69) is 20.8 Å². The van der Waals surface area contributed by atoms with Crippen molar-refractivity contribution in [3.63, 3.8) is 0 Å². The van der Waals surface area contributed by atoms with E-state index in [-0.39, 0.29) is 24.0 Å². The van der Waals surface area contributed by atoms with Crippen LogP contribution in [0.15, 0.2) is 53.7 Å². The number of nitrogens with one attached hydrogen (secondary N) is 2. The second kappa shape index (κ2) is 10.7. The summed E-state index contributed by atoms with van der Waals surface area (Å²) in [7, 11) is 1.78. The zero-order valence-corrected chi connectivity index (χ0v) is 19.3. The van der Waals surface area contributed by atoms with Gasteiger partial charge in [0.25, 0.3) is 11.6 Å². The van der Waals surface area contributed by atoms with Crippen molar-refractivity contribution in [2.45, 2.75) is 37.2 Å². The van der Waals surface area contributed by atoms with Crippen molar-refractivity contribution in [2.24, 2.45) is 7.05 Å². The monoisotopic (exact) mass is 468 g/mol. The van der Waals surface area contributed by atoms with E-state index in [0.29, 0.717) is 28.7 Å². The van der Waals surface area contributed by atoms with Crippen LogP contribution in [0.4, 0.5) is 11.4 Å². The Labute approximate surface area is 194 Å². The third-order valence-electron chi connectivity index (χ3n) is 4.87. The van der Waals surface area contributed by atoms with Crippen LogP contribution >= 0.6 is 11.8 Å². The number of rotatable bonds is 9. The van der Waals surface area contributed by atoms with Gasteiger partial charge in [0, 0.05) is 30.4 Å². The first-order chi connectivity index (χ1) is 15.8. The van der Waals surface area contributed by atoms with Gasteiger partial charge in [-0.05, 0) is 37.6 Å². The van der Waals surface area contributed by atoms with Gasteiger partial charge in [-0.2, -0.15) is 0 Å². The Morgan fingerprint density at radius 3 is 2.55 bits per heavy atom. The van der Waals surface area contributed by atoms with Gasteiger partial charge in [-0.3, -0.25) is 19.7 Å². The largest absolute Gasteiger partial charge is 0.345 e. The van der Waals surface area contributed by atoms with E-state index in [0.717, 1.165) is 5.56 Å². The molecule has 2 amide bonds. The SMILES string of the molecule is CC[C@@H](Sc1nnc(CNC(=O)c2cccc(C)c2)n1C)C(=O)Nc1ccc([N+](=O)[O-])cc1. The number of amides is 2. The van der Waals surface area contributed by atoms with Crippen molar-refractivity contribution in [3.05, 3.63) is 75.6 Å². The average molecular weight is 469 g/mol. The number of nitro groups is 1. The highest BCUT2D eigenvalue weighted by Gasteiger charge is 2.22. The van der Waals surface area contributed by atoms with Crippen LogP contribution in [0.1, 0.15) is 35.1 Å². The minimum absolute atomic E-state index is 0.0458. The van der Waals surface area contributed by atoms with Gasteiger partial charge in [0.15, 0.2) is 11.0 Å². The lowest BCUT2D eigenvalue weighted by atomic mass is 10.1. The highest BCUT2D eigenvalue weighted by molar-refractivity contribution is 8.00. The molecule has 1 heterocycles. The fourth-order valence-corrected chi connectivity index (χ4v) is 3.93. The van der Waals surface area contributed by atoms with Gasteiger partial charge in [-0.25, -0.2) is 0 Å². The van der Waals surface area contributed by atoms with E-state index in [1.807, 2.05) is 32.0 Å². The molecule has 0 saturated carbocycles. The molecule has 2 aromatic carbocycles. The Bertz CT molecular complexity index is 1160. The van der Waals surface area contributed by atoms with Crippen molar-refractivity contribution >= 4 is 35.0 Å². The molecule has 11 heteroatoms. The maximum absolute atomic E-state index is 12.7. The number of hydrogen-bond donors (Lipinski definition) is 2. The lowest BCUT2D eigenvalue weighted by Crippen LogP contribution is -2.25. The molecule has 1 atom stereocenters. The molecule has 172 valence electrons. The summed E-state index contributed by atoms with van der Waals surface area (Å²) in [5.74, 6) is 0.114. The smallest absolute Gasteiger partial charge is 0.269 e. The Hall–Kier alpha value is -3.73. The van der Waals surface area contributed by atoms with E-state index < -0.39 is 10.2 Å². The number of hydrogen-bond acceptors (Lipinski definition) is 7. The van der Waals surface area contributed by atoms with Crippen LogP contribution in [-0.4, -0.2) is 36.8 Å². The standard InChI is InChI=1S/C22H24N6O4S/c1-4-18(21(30)24-16-8-10-17(11-9-16)28(31)32)33-22-26-25-19(27(22)3)13-23-20(29)15-7-5-6-14(2)12-15/h5-12,18H,4,13H2,1-3H3,(H,23,29)(H,24,30)/t18-/m1/s1. The number of benzene rings is 2. The number of aryl methyl sites for hydroxylation is 1. The lowest BCUT2D eigenvalue weighted by molar-refractivity contribution is -0.384. The molecule has 0 radical (unpaired) electrons. The van der Waals surface area contributed by atoms with E-state index in [1.165, 1.54) is 36.0 Å². The molecule has 1 aromatic heterocycles. The molecule has 33 heavy (non-hydrogen) atoms. The molecule has 10 nitrogen and oxygen atoms in total. The highest BCUT2D eigenvalue weighted by Crippen LogP contribution is 2.25. The van der Waals surface area contributed by atoms with E-state index in [1.54, 1.807) is 17.7 Å². The van der Waals surface area contributed by atoms with Crippen molar-refractivity contribution in [1.82, 2.24) is 20.1 Å². The van der Waals surface area contributed by atoms with E-state index in [9.17, 15) is 19.7 Å². The van der Waals surface area contributed by atoms with Crippen LogP contribution in [0.2, 0.25) is 0 Å². The van der Waals surface area contributed by atoms with Crippen molar-refractivity contribution in [1.29, 1.82) is 0 Å². The average Bonchev–Trinajstić information content (AvgIpc) is 3.15. The second-order valence-electron chi connectivity index (χ2n) is 7.32. The van der Waals surface area contributed by atoms with Crippen LogP contribution in [0.25, 0.3) is 0 Å². The van der Waals surface area contributed by atoms with E-state index in [4.69, 9.17) is 0 Å². The number of carbonyl (C=O) groups excluding carboxylic acids is 2. The molecule has 0 aliphatic rings. The summed E-state index contributed by atoms with van der Waals surface area (Å²) in [6, 6.07) is 13.0. The number of nitro benzene ring substituents is 1. The molecule has 3 rings (SSSR count). The number of thioether (sulfide) groups is 1. The number of anilines is 1. The number of nitrogens with zero attached hydrogens (tertiary/aromatic N) is 4.